The van der Waals surface area contributed by atoms with Crippen molar-refractivity contribution in [3.8, 4) is 17.4 Å². The van der Waals surface area contributed by atoms with Crippen LogP contribution in [0, 0.1) is 6.92 Å². The summed E-state index contributed by atoms with van der Waals surface area (Å²) >= 11 is 0. The van der Waals surface area contributed by atoms with E-state index in [1.165, 1.54) is 0 Å². The minimum atomic E-state index is -0.0551. The van der Waals surface area contributed by atoms with Crippen LogP contribution in [-0.2, 0) is 0 Å². The molecule has 0 saturated heterocycles. The van der Waals surface area contributed by atoms with E-state index >= 15 is 0 Å². The Bertz CT molecular complexity index is 641. The van der Waals surface area contributed by atoms with Crippen molar-refractivity contribution in [2.75, 3.05) is 7.11 Å². The summed E-state index contributed by atoms with van der Waals surface area (Å²) in [5, 5.41) is 11.9. The van der Waals surface area contributed by atoms with E-state index in [4.69, 9.17) is 20.4 Å². The maximum atomic E-state index is 8.86. The molecule has 1 heterocycles. The number of aryl methyl sites for hydroxylation is 1. The van der Waals surface area contributed by atoms with Gasteiger partial charge in [-0.3, -0.25) is 0 Å². The number of nitrogens with zero attached hydrogens (tertiary/aromatic N) is 2. The molecule has 0 radical (unpaired) electrons. The van der Waals surface area contributed by atoms with Gasteiger partial charge in [0.2, 0.25) is 5.88 Å². The first kappa shape index (κ1) is 13.7. The summed E-state index contributed by atoms with van der Waals surface area (Å²) in [6.07, 6.45) is 1.59. The van der Waals surface area contributed by atoms with Crippen LogP contribution in [0.5, 0.6) is 17.4 Å². The molecule has 6 heteroatoms. The second kappa shape index (κ2) is 5.92. The molecule has 104 valence electrons. The van der Waals surface area contributed by atoms with Crippen LogP contribution in [-0.4, -0.2) is 23.1 Å². The van der Waals surface area contributed by atoms with Crippen LogP contribution in [0.15, 0.2) is 41.7 Å². The van der Waals surface area contributed by atoms with E-state index in [0.717, 1.165) is 5.56 Å². The van der Waals surface area contributed by atoms with Crippen LogP contribution in [0.1, 0.15) is 11.1 Å². The van der Waals surface area contributed by atoms with Gasteiger partial charge in [-0.1, -0.05) is 17.3 Å². The molecule has 0 bridgehead atoms. The second-order valence-corrected chi connectivity index (χ2v) is 4.05. The molecule has 0 aliphatic heterocycles. The molecule has 0 unspecified atom stereocenters. The lowest BCUT2D eigenvalue weighted by Gasteiger charge is -2.13. The monoisotopic (exact) mass is 273 g/mol. The number of rotatable bonds is 4. The minimum Gasteiger partial charge on any atom is -0.493 e. The average molecular weight is 273 g/mol. The number of benzene rings is 1. The van der Waals surface area contributed by atoms with Gasteiger partial charge in [0, 0.05) is 6.20 Å². The summed E-state index contributed by atoms with van der Waals surface area (Å²) in [4.78, 5) is 4.13. The fraction of sp³-hybridized carbons (Fsp3) is 0.143. The molecule has 0 aliphatic rings. The smallest absolute Gasteiger partial charge is 0.230 e. The number of amidine groups is 1. The fourth-order valence-corrected chi connectivity index (χ4v) is 1.78. The quantitative estimate of drug-likeness (QED) is 0.386. The number of hydrogen-bond acceptors (Lipinski definition) is 5. The summed E-state index contributed by atoms with van der Waals surface area (Å²) in [5.41, 5.74) is 6.91. The summed E-state index contributed by atoms with van der Waals surface area (Å²) < 4.78 is 10.9. The van der Waals surface area contributed by atoms with Crippen LogP contribution in [0.4, 0.5) is 0 Å². The number of oxime groups is 1. The minimum absolute atomic E-state index is 0.0551. The Labute approximate surface area is 116 Å². The van der Waals surface area contributed by atoms with Crippen molar-refractivity contribution in [3.05, 3.63) is 47.7 Å². The van der Waals surface area contributed by atoms with Gasteiger partial charge in [-0.25, -0.2) is 4.98 Å². The molecule has 0 saturated carbocycles. The molecule has 1 aromatic carbocycles. The third kappa shape index (κ3) is 2.64. The third-order valence-electron chi connectivity index (χ3n) is 2.76. The Morgan fingerprint density at radius 3 is 2.60 bits per heavy atom. The summed E-state index contributed by atoms with van der Waals surface area (Å²) in [5.74, 6) is 1.27. The van der Waals surface area contributed by atoms with Crippen LogP contribution in [0.3, 0.4) is 0 Å². The van der Waals surface area contributed by atoms with E-state index in [1.54, 1.807) is 31.5 Å². The van der Waals surface area contributed by atoms with Gasteiger partial charge in [-0.2, -0.15) is 0 Å². The van der Waals surface area contributed by atoms with Crippen LogP contribution >= 0.6 is 0 Å². The summed E-state index contributed by atoms with van der Waals surface area (Å²) in [6, 6.07) is 8.92. The first-order chi connectivity index (χ1) is 9.67. The van der Waals surface area contributed by atoms with Gasteiger partial charge in [0.05, 0.1) is 12.7 Å². The van der Waals surface area contributed by atoms with Crippen LogP contribution in [0.2, 0.25) is 0 Å². The Hall–Kier alpha value is -2.76. The average Bonchev–Trinajstić information content (AvgIpc) is 2.47. The van der Waals surface area contributed by atoms with E-state index in [9.17, 15) is 0 Å². The third-order valence-corrected chi connectivity index (χ3v) is 2.76. The second-order valence-electron chi connectivity index (χ2n) is 4.05. The predicted octanol–water partition coefficient (Wildman–Crippen LogP) is 2.29. The lowest BCUT2D eigenvalue weighted by Crippen LogP contribution is -2.16. The summed E-state index contributed by atoms with van der Waals surface area (Å²) in [7, 11) is 1.55. The molecular formula is C14H15N3O3. The molecule has 2 rings (SSSR count). The zero-order valence-corrected chi connectivity index (χ0v) is 11.2. The highest BCUT2D eigenvalue weighted by atomic mass is 16.5. The van der Waals surface area contributed by atoms with E-state index in [-0.39, 0.29) is 11.7 Å². The van der Waals surface area contributed by atoms with Crippen molar-refractivity contribution in [1.29, 1.82) is 0 Å². The van der Waals surface area contributed by atoms with E-state index in [1.807, 2.05) is 19.1 Å². The van der Waals surface area contributed by atoms with Crippen molar-refractivity contribution in [2.24, 2.45) is 10.9 Å². The lowest BCUT2D eigenvalue weighted by atomic mass is 10.1. The number of para-hydroxylation sites is 2. The number of nitrogens with two attached hydrogens (primary N) is 1. The maximum Gasteiger partial charge on any atom is 0.230 e. The molecule has 6 nitrogen and oxygen atoms in total. The molecule has 0 fully saturated rings. The van der Waals surface area contributed by atoms with Crippen LogP contribution < -0.4 is 15.2 Å². The lowest BCUT2D eigenvalue weighted by molar-refractivity contribution is 0.318. The zero-order valence-electron chi connectivity index (χ0n) is 11.2. The van der Waals surface area contributed by atoms with Gasteiger partial charge in [-0.15, -0.1) is 0 Å². The van der Waals surface area contributed by atoms with Gasteiger partial charge in [0.15, 0.2) is 17.3 Å². The highest BCUT2D eigenvalue weighted by molar-refractivity contribution is 6.00. The Morgan fingerprint density at radius 1 is 1.25 bits per heavy atom. The fourth-order valence-electron chi connectivity index (χ4n) is 1.78. The Morgan fingerprint density at radius 2 is 1.95 bits per heavy atom. The van der Waals surface area contributed by atoms with Gasteiger partial charge in [0.25, 0.3) is 0 Å². The molecule has 1 aromatic heterocycles. The molecular weight excluding hydrogens is 258 g/mol. The first-order valence-electron chi connectivity index (χ1n) is 5.91. The van der Waals surface area contributed by atoms with Crippen molar-refractivity contribution < 1.29 is 14.7 Å². The number of aromatic nitrogens is 1. The predicted molar refractivity (Wildman–Crippen MR) is 74.6 cm³/mol. The Balaban J connectivity index is 2.46. The van der Waals surface area contributed by atoms with Crippen molar-refractivity contribution in [1.82, 2.24) is 4.98 Å². The normalized spacial score (nSPS) is 11.2. The standard InChI is InChI=1S/C14H15N3O3/c1-9-7-8-16-14(12(9)13(15)17-18)20-11-6-4-3-5-10(11)19-2/h3-8,18H,1-2H3,(H2,15,17). The summed E-state index contributed by atoms with van der Waals surface area (Å²) in [6.45, 7) is 1.82. The highest BCUT2D eigenvalue weighted by Crippen LogP contribution is 2.32. The number of methoxy groups -OCH3 is 1. The molecule has 0 aliphatic carbocycles. The highest BCUT2D eigenvalue weighted by Gasteiger charge is 2.15. The van der Waals surface area contributed by atoms with E-state index in [2.05, 4.69) is 10.1 Å². The number of hydrogen-bond donors (Lipinski definition) is 2. The first-order valence-corrected chi connectivity index (χ1v) is 5.91. The zero-order chi connectivity index (χ0) is 14.5. The van der Waals surface area contributed by atoms with Crippen LogP contribution in [0.25, 0.3) is 0 Å². The van der Waals surface area contributed by atoms with Gasteiger partial charge in [0.1, 0.15) is 0 Å². The molecule has 0 amide bonds. The molecule has 0 atom stereocenters. The van der Waals surface area contributed by atoms with Crippen molar-refractivity contribution >= 4 is 5.84 Å². The molecule has 3 N–H and O–H groups in total. The largest absolute Gasteiger partial charge is 0.493 e. The van der Waals surface area contributed by atoms with Gasteiger partial charge >= 0.3 is 0 Å². The maximum absolute atomic E-state index is 8.86. The molecule has 0 spiro atoms. The SMILES string of the molecule is COc1ccccc1Oc1nccc(C)c1/C(N)=N/O. The van der Waals surface area contributed by atoms with Gasteiger partial charge in [-0.05, 0) is 30.7 Å². The van der Waals surface area contributed by atoms with Gasteiger partial charge < -0.3 is 20.4 Å². The van der Waals surface area contributed by atoms with Crippen molar-refractivity contribution in [2.45, 2.75) is 6.92 Å². The number of pyridine rings is 1. The molecule has 2 aromatic rings. The van der Waals surface area contributed by atoms with Crippen molar-refractivity contribution in [3.63, 3.8) is 0 Å². The number of ether oxygens (including phenoxy) is 2. The topological polar surface area (TPSA) is 90.0 Å². The van der Waals surface area contributed by atoms with E-state index in [0.29, 0.717) is 17.1 Å². The molecule has 20 heavy (non-hydrogen) atoms. The van der Waals surface area contributed by atoms with E-state index < -0.39 is 0 Å². The Kier molecular flexibility index (Phi) is 4.05.